The number of nitro groups is 2. The third-order valence-electron chi connectivity index (χ3n) is 1.49. The average Bonchev–Trinajstić information content (AvgIpc) is 2.26. The van der Waals surface area contributed by atoms with Gasteiger partial charge in [0.25, 0.3) is 0 Å². The first-order valence-electron chi connectivity index (χ1n) is 3.05. The van der Waals surface area contributed by atoms with E-state index in [4.69, 9.17) is 0 Å². The van der Waals surface area contributed by atoms with E-state index < -0.39 is 42.6 Å². The first-order valence-corrected chi connectivity index (χ1v) is 4.87. The van der Waals surface area contributed by atoms with Crippen LogP contribution in [0.15, 0.2) is 11.4 Å². The Morgan fingerprint density at radius 3 is 1.54 bits per heavy atom. The van der Waals surface area contributed by atoms with Gasteiger partial charge in [-0.15, -0.1) is 0 Å². The number of hydrogen-bond acceptors (Lipinski definition) is 6. The first-order chi connectivity index (χ1) is 5.83. The molecule has 1 aliphatic rings. The number of rotatable bonds is 2. The largest absolute Gasteiger partial charge is 0.334 e. The number of nitrogens with zero attached hydrogens (tertiary/aromatic N) is 2. The monoisotopic (exact) mass is 208 g/mol. The predicted octanol–water partition coefficient (Wildman–Crippen LogP) is -0.820. The van der Waals surface area contributed by atoms with Crippen LogP contribution >= 0.6 is 0 Å². The highest BCUT2D eigenvalue weighted by molar-refractivity contribution is 7.92. The van der Waals surface area contributed by atoms with Crippen LogP contribution in [0.1, 0.15) is 0 Å². The van der Waals surface area contributed by atoms with E-state index in [0.717, 1.165) is 0 Å². The second kappa shape index (κ2) is 2.76. The quantitative estimate of drug-likeness (QED) is 0.431. The van der Waals surface area contributed by atoms with Crippen LogP contribution in [0.25, 0.3) is 0 Å². The van der Waals surface area contributed by atoms with E-state index in [-0.39, 0.29) is 0 Å². The zero-order chi connectivity index (χ0) is 10.2. The Hall–Kier alpha value is -1.51. The summed E-state index contributed by atoms with van der Waals surface area (Å²) in [5.74, 6) is -1.70. The van der Waals surface area contributed by atoms with Crippen LogP contribution < -0.4 is 0 Å². The fourth-order valence-electron chi connectivity index (χ4n) is 0.950. The van der Waals surface area contributed by atoms with Crippen LogP contribution in [0, 0.1) is 20.2 Å². The molecule has 0 bridgehead atoms. The van der Waals surface area contributed by atoms with Crippen LogP contribution in [0.2, 0.25) is 0 Å². The summed E-state index contributed by atoms with van der Waals surface area (Å²) in [5.41, 5.74) is -1.66. The molecule has 0 amide bonds. The van der Waals surface area contributed by atoms with Crippen molar-refractivity contribution in [3.8, 4) is 0 Å². The van der Waals surface area contributed by atoms with E-state index in [1.165, 1.54) is 0 Å². The van der Waals surface area contributed by atoms with Crippen molar-refractivity contribution < 1.29 is 18.3 Å². The lowest BCUT2D eigenvalue weighted by molar-refractivity contribution is -0.468. The summed E-state index contributed by atoms with van der Waals surface area (Å²) in [4.78, 5) is 18.3. The molecule has 9 heteroatoms. The Morgan fingerprint density at radius 1 is 1.00 bits per heavy atom. The molecule has 0 aromatic heterocycles. The topological polar surface area (TPSA) is 120 Å². The molecule has 72 valence electrons. The SMILES string of the molecule is O=[N+]([O-])C1=C([N+](=O)[O-])CS(=O)(=O)C1. The van der Waals surface area contributed by atoms with Gasteiger partial charge in [-0.25, -0.2) is 8.42 Å². The minimum atomic E-state index is -3.69. The van der Waals surface area contributed by atoms with Crippen LogP contribution in [-0.2, 0) is 9.84 Å². The molecule has 0 spiro atoms. The van der Waals surface area contributed by atoms with E-state index in [1.54, 1.807) is 0 Å². The van der Waals surface area contributed by atoms with Gasteiger partial charge in [-0.05, 0) is 0 Å². The molecule has 0 radical (unpaired) electrons. The molecule has 13 heavy (non-hydrogen) atoms. The second-order valence-corrected chi connectivity index (χ2v) is 4.50. The van der Waals surface area contributed by atoms with E-state index in [2.05, 4.69) is 0 Å². The zero-order valence-corrected chi connectivity index (χ0v) is 6.98. The molecular weight excluding hydrogens is 204 g/mol. The van der Waals surface area contributed by atoms with E-state index >= 15 is 0 Å². The molecule has 0 saturated heterocycles. The maximum atomic E-state index is 10.8. The fraction of sp³-hybridized carbons (Fsp3) is 0.500. The van der Waals surface area contributed by atoms with Crippen molar-refractivity contribution in [1.29, 1.82) is 0 Å². The van der Waals surface area contributed by atoms with Crippen molar-refractivity contribution in [2.75, 3.05) is 11.5 Å². The van der Waals surface area contributed by atoms with Crippen molar-refractivity contribution in [3.05, 3.63) is 31.6 Å². The van der Waals surface area contributed by atoms with Gasteiger partial charge < -0.3 is 0 Å². The minimum absolute atomic E-state index is 0.829. The van der Waals surface area contributed by atoms with E-state index in [1.807, 2.05) is 0 Å². The van der Waals surface area contributed by atoms with Crippen molar-refractivity contribution in [1.82, 2.24) is 0 Å². The molecule has 1 heterocycles. The third kappa shape index (κ3) is 1.80. The first kappa shape index (κ1) is 9.58. The lowest BCUT2D eigenvalue weighted by atomic mass is 10.4. The van der Waals surface area contributed by atoms with Crippen molar-refractivity contribution in [3.63, 3.8) is 0 Å². The van der Waals surface area contributed by atoms with Crippen LogP contribution in [0.3, 0.4) is 0 Å². The third-order valence-corrected chi connectivity index (χ3v) is 2.91. The molecule has 0 aliphatic carbocycles. The average molecular weight is 208 g/mol. The summed E-state index contributed by atoms with van der Waals surface area (Å²) in [5, 5.41) is 20.4. The van der Waals surface area contributed by atoms with Crippen molar-refractivity contribution >= 4 is 9.84 Å². The van der Waals surface area contributed by atoms with Crippen molar-refractivity contribution in [2.24, 2.45) is 0 Å². The van der Waals surface area contributed by atoms with Gasteiger partial charge in [0.05, 0.1) is 9.85 Å². The standard InChI is InChI=1S/C4H4N2O6S/c7-5(8)3-1-13(11,12)2-4(3)6(9)10/h1-2H2. The molecule has 0 aromatic rings. The smallest absolute Gasteiger partial charge is 0.258 e. The van der Waals surface area contributed by atoms with Gasteiger partial charge in [-0.2, -0.15) is 0 Å². The van der Waals surface area contributed by atoms with Crippen molar-refractivity contribution in [2.45, 2.75) is 0 Å². The molecule has 1 rings (SSSR count). The normalized spacial score (nSPS) is 20.3. The number of hydrogen-bond donors (Lipinski definition) is 0. The summed E-state index contributed by atoms with van der Waals surface area (Å²) in [6.45, 7) is 0. The summed E-state index contributed by atoms with van der Waals surface area (Å²) >= 11 is 0. The van der Waals surface area contributed by atoms with Crippen LogP contribution in [-0.4, -0.2) is 29.8 Å². The lowest BCUT2D eigenvalue weighted by Crippen LogP contribution is -2.07. The molecule has 0 unspecified atom stereocenters. The molecule has 0 N–H and O–H groups in total. The summed E-state index contributed by atoms with van der Waals surface area (Å²) in [6.07, 6.45) is 0. The molecule has 0 saturated carbocycles. The Kier molecular flexibility index (Phi) is 2.04. The highest BCUT2D eigenvalue weighted by atomic mass is 32.2. The molecule has 0 atom stereocenters. The summed E-state index contributed by atoms with van der Waals surface area (Å²) < 4.78 is 21.6. The summed E-state index contributed by atoms with van der Waals surface area (Å²) in [6, 6.07) is 0. The molecular formula is C4H4N2O6S. The number of sulfone groups is 1. The molecule has 0 aromatic carbocycles. The molecule has 1 aliphatic heterocycles. The molecule has 0 fully saturated rings. The Morgan fingerprint density at radius 2 is 1.31 bits per heavy atom. The van der Waals surface area contributed by atoms with Gasteiger partial charge in [0.1, 0.15) is 11.5 Å². The van der Waals surface area contributed by atoms with Crippen LogP contribution in [0.4, 0.5) is 0 Å². The lowest BCUT2D eigenvalue weighted by Gasteiger charge is -1.87. The Bertz CT molecular complexity index is 374. The highest BCUT2D eigenvalue weighted by Gasteiger charge is 2.43. The summed E-state index contributed by atoms with van der Waals surface area (Å²) in [7, 11) is -3.69. The van der Waals surface area contributed by atoms with E-state index in [0.29, 0.717) is 0 Å². The Balaban J connectivity index is 3.19. The maximum Gasteiger partial charge on any atom is 0.334 e. The highest BCUT2D eigenvalue weighted by Crippen LogP contribution is 2.20. The molecule has 8 nitrogen and oxygen atoms in total. The maximum absolute atomic E-state index is 10.8. The van der Waals surface area contributed by atoms with Gasteiger partial charge in [0.15, 0.2) is 9.84 Å². The van der Waals surface area contributed by atoms with Crippen LogP contribution in [0.5, 0.6) is 0 Å². The fourth-order valence-corrected chi connectivity index (χ4v) is 2.43. The van der Waals surface area contributed by atoms with Gasteiger partial charge in [-0.3, -0.25) is 20.2 Å². The van der Waals surface area contributed by atoms with Gasteiger partial charge in [0.2, 0.25) is 0 Å². The second-order valence-electron chi connectivity index (χ2n) is 2.44. The minimum Gasteiger partial charge on any atom is -0.258 e. The Labute approximate surface area is 72.1 Å². The van der Waals surface area contributed by atoms with Gasteiger partial charge in [-0.1, -0.05) is 0 Å². The zero-order valence-electron chi connectivity index (χ0n) is 6.17. The van der Waals surface area contributed by atoms with Gasteiger partial charge >= 0.3 is 11.4 Å². The predicted molar refractivity (Wildman–Crippen MR) is 39.7 cm³/mol. The van der Waals surface area contributed by atoms with Gasteiger partial charge in [0, 0.05) is 0 Å². The van der Waals surface area contributed by atoms with E-state index in [9.17, 15) is 28.6 Å².